The molecule has 1 amide bonds. The topological polar surface area (TPSA) is 77.7 Å². The first-order chi connectivity index (χ1) is 13.9. The number of fused-ring (bicyclic) bond motifs is 1. The molecule has 4 N–H and O–H groups in total. The Morgan fingerprint density at radius 1 is 1.34 bits per heavy atom. The fourth-order valence-corrected chi connectivity index (χ4v) is 4.77. The number of halogens is 1. The predicted molar refractivity (Wildman–Crippen MR) is 110 cm³/mol. The number of rotatable bonds is 5. The monoisotopic (exact) mass is 405 g/mol. The van der Waals surface area contributed by atoms with E-state index in [4.69, 9.17) is 4.84 Å². The molecule has 3 unspecified atom stereocenters. The van der Waals surface area contributed by atoms with Gasteiger partial charge in [-0.1, -0.05) is 12.5 Å². The van der Waals surface area contributed by atoms with Gasteiger partial charge in [0, 0.05) is 30.3 Å². The van der Waals surface area contributed by atoms with E-state index in [1.165, 1.54) is 6.07 Å². The van der Waals surface area contributed by atoms with Crippen molar-refractivity contribution in [1.82, 2.24) is 21.0 Å². The molecule has 7 nitrogen and oxygen atoms in total. The molecule has 4 rings (SSSR count). The molecule has 2 fully saturated rings. The van der Waals surface area contributed by atoms with Gasteiger partial charge in [-0.15, -0.1) is 0 Å². The van der Waals surface area contributed by atoms with Crippen molar-refractivity contribution in [3.05, 3.63) is 29.1 Å². The molecule has 0 bridgehead atoms. The molecule has 2 heterocycles. The Morgan fingerprint density at radius 2 is 2.17 bits per heavy atom. The van der Waals surface area contributed by atoms with Gasteiger partial charge in [0.05, 0.1) is 6.17 Å². The molecule has 0 spiro atoms. The summed E-state index contributed by atoms with van der Waals surface area (Å²) in [5.41, 5.74) is 5.50. The van der Waals surface area contributed by atoms with Crippen molar-refractivity contribution in [3.8, 4) is 0 Å². The van der Waals surface area contributed by atoms with Crippen LogP contribution in [0.4, 0.5) is 10.1 Å². The lowest BCUT2D eigenvalue weighted by atomic mass is 9.83. The Morgan fingerprint density at radius 3 is 2.93 bits per heavy atom. The number of nitrogens with zero attached hydrogens (tertiary/aromatic N) is 1. The maximum atomic E-state index is 14.1. The third kappa shape index (κ3) is 4.55. The second kappa shape index (κ2) is 8.55. The molecule has 1 aliphatic carbocycles. The summed E-state index contributed by atoms with van der Waals surface area (Å²) in [6.45, 7) is 2.74. The molecular formula is C21H32FN5O2. The Balaban J connectivity index is 1.31. The van der Waals surface area contributed by atoms with Crippen LogP contribution in [0.5, 0.6) is 0 Å². The molecule has 2 aliphatic heterocycles. The quantitative estimate of drug-likeness (QED) is 0.595. The highest BCUT2D eigenvalue weighted by molar-refractivity contribution is 5.88. The zero-order chi connectivity index (χ0) is 20.5. The van der Waals surface area contributed by atoms with Crippen molar-refractivity contribution in [3.63, 3.8) is 0 Å². The smallest absolute Gasteiger partial charge is 0.243 e. The molecule has 160 valence electrons. The highest BCUT2D eigenvalue weighted by atomic mass is 19.1. The molecule has 1 saturated carbocycles. The Labute approximate surface area is 171 Å². The molecule has 0 aromatic heterocycles. The average Bonchev–Trinajstić information content (AvgIpc) is 3.33. The van der Waals surface area contributed by atoms with Crippen LogP contribution in [-0.4, -0.2) is 55.9 Å². The van der Waals surface area contributed by atoms with Crippen LogP contribution in [-0.2, 0) is 16.1 Å². The van der Waals surface area contributed by atoms with Crippen LogP contribution in [0.1, 0.15) is 36.8 Å². The number of aryl methyl sites for hydroxylation is 1. The van der Waals surface area contributed by atoms with Gasteiger partial charge in [-0.25, -0.2) is 4.39 Å². The van der Waals surface area contributed by atoms with Crippen molar-refractivity contribution in [1.29, 1.82) is 0 Å². The first-order valence-corrected chi connectivity index (χ1v) is 10.6. The summed E-state index contributed by atoms with van der Waals surface area (Å²) < 4.78 is 14.1. The second-order valence-corrected chi connectivity index (χ2v) is 8.88. The highest BCUT2D eigenvalue weighted by Gasteiger charge is 2.36. The Bertz CT molecular complexity index is 728. The molecule has 1 aromatic carbocycles. The first kappa shape index (κ1) is 20.5. The van der Waals surface area contributed by atoms with Crippen LogP contribution in [0.3, 0.4) is 0 Å². The van der Waals surface area contributed by atoms with Crippen LogP contribution in [0.15, 0.2) is 12.1 Å². The minimum atomic E-state index is -0.406. The third-order valence-corrected chi connectivity index (χ3v) is 6.27. The molecule has 8 heteroatoms. The van der Waals surface area contributed by atoms with Gasteiger partial charge in [0.2, 0.25) is 5.91 Å². The van der Waals surface area contributed by atoms with E-state index in [9.17, 15) is 9.18 Å². The standard InChI is InChI=1S/C21H32FN5O2/c1-12-7-8-16(22)15-10-17(24-19(12)15)21(28)23-14-6-4-5-13(9-14)20-25-18(29-26-20)11-27(2)3/h7-8,13-14,17-18,20,24-26H,4-6,9-11H2,1-3H3,(H,23,28)/t13-,14+,17?,18?,20?/m1/s1. The largest absolute Gasteiger partial charge is 0.373 e. The number of nitrogens with one attached hydrogen (secondary N) is 4. The summed E-state index contributed by atoms with van der Waals surface area (Å²) in [5.74, 6) is 0.117. The first-order valence-electron chi connectivity index (χ1n) is 10.6. The van der Waals surface area contributed by atoms with E-state index in [2.05, 4.69) is 26.3 Å². The number of carbonyl (C=O) groups excluding carboxylic acids is 1. The van der Waals surface area contributed by atoms with E-state index >= 15 is 0 Å². The fraction of sp³-hybridized carbons (Fsp3) is 0.667. The average molecular weight is 406 g/mol. The lowest BCUT2D eigenvalue weighted by Gasteiger charge is -2.33. The minimum absolute atomic E-state index is 0.0238. The minimum Gasteiger partial charge on any atom is -0.373 e. The normalized spacial score (nSPS) is 31.6. The number of amides is 1. The lowest BCUT2D eigenvalue weighted by molar-refractivity contribution is -0.122. The maximum absolute atomic E-state index is 14.1. The van der Waals surface area contributed by atoms with E-state index in [-0.39, 0.29) is 30.2 Å². The van der Waals surface area contributed by atoms with E-state index in [0.717, 1.165) is 43.5 Å². The predicted octanol–water partition coefficient (Wildman–Crippen LogP) is 1.48. The van der Waals surface area contributed by atoms with E-state index < -0.39 is 6.04 Å². The molecular weight excluding hydrogens is 373 g/mol. The van der Waals surface area contributed by atoms with Crippen LogP contribution >= 0.6 is 0 Å². The summed E-state index contributed by atoms with van der Waals surface area (Å²) in [6.07, 6.45) is 4.53. The zero-order valence-corrected chi connectivity index (χ0v) is 17.4. The number of likely N-dealkylation sites (N-methyl/N-ethyl adjacent to an activating group) is 1. The fourth-order valence-electron chi connectivity index (χ4n) is 4.77. The molecule has 0 radical (unpaired) electrons. The zero-order valence-electron chi connectivity index (χ0n) is 17.4. The number of hydrogen-bond donors (Lipinski definition) is 4. The van der Waals surface area contributed by atoms with Gasteiger partial charge in [-0.3, -0.25) is 14.9 Å². The molecule has 1 saturated heterocycles. The summed E-state index contributed by atoms with van der Waals surface area (Å²) >= 11 is 0. The van der Waals surface area contributed by atoms with Crippen LogP contribution in [0, 0.1) is 18.7 Å². The molecule has 1 aromatic rings. The van der Waals surface area contributed by atoms with Gasteiger partial charge in [-0.2, -0.15) is 5.48 Å². The van der Waals surface area contributed by atoms with Crippen LogP contribution in [0.25, 0.3) is 0 Å². The molecule has 5 atom stereocenters. The maximum Gasteiger partial charge on any atom is 0.243 e. The third-order valence-electron chi connectivity index (χ3n) is 6.27. The SMILES string of the molecule is Cc1ccc(F)c2c1NC(C(=O)N[C@H]1CCC[C@@H](C3NOC(CN(C)C)N3)C1)C2. The van der Waals surface area contributed by atoms with Gasteiger partial charge in [0.1, 0.15) is 18.1 Å². The van der Waals surface area contributed by atoms with Gasteiger partial charge in [0.15, 0.2) is 0 Å². The van der Waals surface area contributed by atoms with Gasteiger partial charge in [0.25, 0.3) is 0 Å². The summed E-state index contributed by atoms with van der Waals surface area (Å²) in [6, 6.07) is 2.96. The van der Waals surface area contributed by atoms with Gasteiger partial charge < -0.3 is 15.5 Å². The van der Waals surface area contributed by atoms with E-state index in [0.29, 0.717) is 17.9 Å². The number of hydrogen-bond acceptors (Lipinski definition) is 6. The van der Waals surface area contributed by atoms with E-state index in [1.54, 1.807) is 6.07 Å². The Kier molecular flexibility index (Phi) is 6.06. The van der Waals surface area contributed by atoms with Crippen molar-refractivity contribution in [2.24, 2.45) is 5.92 Å². The number of anilines is 1. The van der Waals surface area contributed by atoms with Gasteiger partial charge >= 0.3 is 0 Å². The summed E-state index contributed by atoms with van der Waals surface area (Å²) in [7, 11) is 4.04. The number of hydroxylamine groups is 1. The number of benzene rings is 1. The number of carbonyl (C=O) groups is 1. The summed E-state index contributed by atoms with van der Waals surface area (Å²) in [5, 5.41) is 9.93. The Hall–Kier alpha value is -1.74. The molecule has 29 heavy (non-hydrogen) atoms. The molecule has 3 aliphatic rings. The van der Waals surface area contributed by atoms with Crippen LogP contribution in [0.2, 0.25) is 0 Å². The van der Waals surface area contributed by atoms with Crippen molar-refractivity contribution in [2.75, 3.05) is 26.0 Å². The lowest BCUT2D eigenvalue weighted by Crippen LogP contribution is -2.49. The van der Waals surface area contributed by atoms with Crippen molar-refractivity contribution in [2.45, 2.75) is 63.5 Å². The second-order valence-electron chi connectivity index (χ2n) is 8.88. The van der Waals surface area contributed by atoms with Gasteiger partial charge in [-0.05, 0) is 57.8 Å². The van der Waals surface area contributed by atoms with Crippen molar-refractivity contribution < 1.29 is 14.0 Å². The summed E-state index contributed by atoms with van der Waals surface area (Å²) in [4.78, 5) is 20.6. The van der Waals surface area contributed by atoms with Crippen LogP contribution < -0.4 is 21.4 Å². The van der Waals surface area contributed by atoms with E-state index in [1.807, 2.05) is 21.0 Å². The van der Waals surface area contributed by atoms with Crippen molar-refractivity contribution >= 4 is 11.6 Å². The highest BCUT2D eigenvalue weighted by Crippen LogP contribution is 2.32.